The number of fused-ring (bicyclic) bond motifs is 1. The molecule has 0 amide bonds. The van der Waals surface area contributed by atoms with Gasteiger partial charge in [-0.25, -0.2) is 0 Å². The van der Waals surface area contributed by atoms with Crippen LogP contribution in [0.15, 0.2) is 0 Å². The molecule has 3 unspecified atom stereocenters. The van der Waals surface area contributed by atoms with Crippen molar-refractivity contribution < 1.29 is 0 Å². The monoisotopic (exact) mass is 193 g/mol. The summed E-state index contributed by atoms with van der Waals surface area (Å²) in [5, 5.41) is 3.88. The zero-order chi connectivity index (χ0) is 9.54. The number of hydrogen-bond donors (Lipinski definition) is 1. The van der Waals surface area contributed by atoms with Crippen LogP contribution in [-0.4, -0.2) is 12.1 Å². The molecule has 3 aliphatic rings. The van der Waals surface area contributed by atoms with E-state index in [0.29, 0.717) is 0 Å². The Morgan fingerprint density at radius 1 is 1.00 bits per heavy atom. The van der Waals surface area contributed by atoms with Gasteiger partial charge in [-0.15, -0.1) is 0 Å². The van der Waals surface area contributed by atoms with E-state index in [-0.39, 0.29) is 0 Å². The Hall–Kier alpha value is -0.0400. The standard InChI is InChI=1S/C13H23N/c1-9(10-4-2-3-5-10)14-13-7-11-6-12(11)8-13/h9-14H,2-8H2,1H3. The molecule has 0 aromatic rings. The van der Waals surface area contributed by atoms with Crippen LogP contribution in [0.5, 0.6) is 0 Å². The number of nitrogens with one attached hydrogen (secondary N) is 1. The molecule has 0 spiro atoms. The largest absolute Gasteiger partial charge is 0.311 e. The molecule has 3 atom stereocenters. The van der Waals surface area contributed by atoms with Crippen molar-refractivity contribution in [3.8, 4) is 0 Å². The van der Waals surface area contributed by atoms with Gasteiger partial charge in [0, 0.05) is 12.1 Å². The quantitative estimate of drug-likeness (QED) is 0.726. The Morgan fingerprint density at radius 2 is 1.64 bits per heavy atom. The second-order valence-electron chi connectivity index (χ2n) is 5.92. The highest BCUT2D eigenvalue weighted by Gasteiger charge is 2.46. The van der Waals surface area contributed by atoms with Crippen LogP contribution in [0.4, 0.5) is 0 Å². The van der Waals surface area contributed by atoms with Crippen molar-refractivity contribution in [3.63, 3.8) is 0 Å². The van der Waals surface area contributed by atoms with Gasteiger partial charge in [-0.1, -0.05) is 12.8 Å². The molecule has 0 aromatic carbocycles. The van der Waals surface area contributed by atoms with Crippen molar-refractivity contribution in [1.82, 2.24) is 5.32 Å². The third-order valence-corrected chi connectivity index (χ3v) is 4.85. The van der Waals surface area contributed by atoms with Crippen LogP contribution in [0, 0.1) is 17.8 Å². The van der Waals surface area contributed by atoms with E-state index in [2.05, 4.69) is 12.2 Å². The molecule has 0 bridgehead atoms. The second-order valence-corrected chi connectivity index (χ2v) is 5.92. The molecule has 0 heterocycles. The molecule has 80 valence electrons. The Labute approximate surface area is 87.7 Å². The summed E-state index contributed by atoms with van der Waals surface area (Å²) in [5.74, 6) is 3.25. The number of hydrogen-bond acceptors (Lipinski definition) is 1. The lowest BCUT2D eigenvalue weighted by Crippen LogP contribution is -2.39. The molecule has 3 saturated carbocycles. The van der Waals surface area contributed by atoms with Gasteiger partial charge >= 0.3 is 0 Å². The Morgan fingerprint density at radius 3 is 2.29 bits per heavy atom. The summed E-state index contributed by atoms with van der Waals surface area (Å²) < 4.78 is 0. The summed E-state index contributed by atoms with van der Waals surface area (Å²) in [7, 11) is 0. The molecule has 3 aliphatic carbocycles. The third-order valence-electron chi connectivity index (χ3n) is 4.85. The van der Waals surface area contributed by atoms with E-state index in [0.717, 1.165) is 29.8 Å². The van der Waals surface area contributed by atoms with Crippen LogP contribution in [-0.2, 0) is 0 Å². The zero-order valence-corrected chi connectivity index (χ0v) is 9.34. The lowest BCUT2D eigenvalue weighted by atomic mass is 9.98. The van der Waals surface area contributed by atoms with Gasteiger partial charge in [0.1, 0.15) is 0 Å². The van der Waals surface area contributed by atoms with E-state index in [1.807, 2.05) is 0 Å². The Bertz CT molecular complexity index is 197. The second kappa shape index (κ2) is 3.52. The van der Waals surface area contributed by atoms with Gasteiger partial charge < -0.3 is 5.32 Å². The first kappa shape index (κ1) is 9.21. The highest BCUT2D eigenvalue weighted by molar-refractivity contribution is 4.99. The first-order chi connectivity index (χ1) is 6.83. The maximum atomic E-state index is 3.88. The van der Waals surface area contributed by atoms with Crippen LogP contribution in [0.25, 0.3) is 0 Å². The van der Waals surface area contributed by atoms with Gasteiger partial charge in [0.15, 0.2) is 0 Å². The van der Waals surface area contributed by atoms with Gasteiger partial charge in [-0.3, -0.25) is 0 Å². The van der Waals surface area contributed by atoms with Gasteiger partial charge in [0.2, 0.25) is 0 Å². The maximum absolute atomic E-state index is 3.88. The smallest absolute Gasteiger partial charge is 0.00751 e. The van der Waals surface area contributed by atoms with Crippen molar-refractivity contribution in [3.05, 3.63) is 0 Å². The van der Waals surface area contributed by atoms with Crippen LogP contribution >= 0.6 is 0 Å². The SMILES string of the molecule is CC(NC1CC2CC2C1)C1CCCC1. The van der Waals surface area contributed by atoms with Crippen molar-refractivity contribution in [2.24, 2.45) is 17.8 Å². The lowest BCUT2D eigenvalue weighted by Gasteiger charge is -2.25. The van der Waals surface area contributed by atoms with E-state index >= 15 is 0 Å². The highest BCUT2D eigenvalue weighted by atomic mass is 15.0. The van der Waals surface area contributed by atoms with E-state index in [1.54, 1.807) is 6.42 Å². The molecular weight excluding hydrogens is 170 g/mol. The van der Waals surface area contributed by atoms with Gasteiger partial charge in [-0.2, -0.15) is 0 Å². The normalized spacial score (nSPS) is 43.9. The molecule has 3 fully saturated rings. The van der Waals surface area contributed by atoms with Gasteiger partial charge in [-0.05, 0) is 56.8 Å². The predicted molar refractivity (Wildman–Crippen MR) is 59.2 cm³/mol. The van der Waals surface area contributed by atoms with Crippen LogP contribution in [0.2, 0.25) is 0 Å². The minimum absolute atomic E-state index is 0.792. The van der Waals surface area contributed by atoms with Crippen LogP contribution in [0.1, 0.15) is 51.9 Å². The fourth-order valence-corrected chi connectivity index (χ4v) is 3.82. The predicted octanol–water partition coefficient (Wildman–Crippen LogP) is 2.95. The summed E-state index contributed by atoms with van der Waals surface area (Å²) in [6.07, 6.45) is 10.4. The molecule has 1 nitrogen and oxygen atoms in total. The van der Waals surface area contributed by atoms with E-state index in [1.165, 1.54) is 38.5 Å². The number of rotatable bonds is 3. The summed E-state index contributed by atoms with van der Waals surface area (Å²) >= 11 is 0. The fourth-order valence-electron chi connectivity index (χ4n) is 3.82. The summed E-state index contributed by atoms with van der Waals surface area (Å²) in [4.78, 5) is 0. The van der Waals surface area contributed by atoms with Crippen molar-refractivity contribution in [1.29, 1.82) is 0 Å². The van der Waals surface area contributed by atoms with Crippen molar-refractivity contribution in [2.75, 3.05) is 0 Å². The molecule has 3 rings (SSSR count). The first-order valence-electron chi connectivity index (χ1n) is 6.59. The minimum Gasteiger partial charge on any atom is -0.311 e. The van der Waals surface area contributed by atoms with E-state index in [4.69, 9.17) is 0 Å². The molecule has 0 radical (unpaired) electrons. The lowest BCUT2D eigenvalue weighted by molar-refractivity contribution is 0.331. The Balaban J connectivity index is 1.46. The topological polar surface area (TPSA) is 12.0 Å². The molecule has 14 heavy (non-hydrogen) atoms. The molecule has 0 saturated heterocycles. The average Bonchev–Trinajstić information content (AvgIpc) is 2.69. The highest BCUT2D eigenvalue weighted by Crippen LogP contribution is 2.51. The van der Waals surface area contributed by atoms with Crippen LogP contribution in [0.3, 0.4) is 0 Å². The summed E-state index contributed by atoms with van der Waals surface area (Å²) in [6, 6.07) is 1.68. The van der Waals surface area contributed by atoms with Crippen molar-refractivity contribution in [2.45, 2.75) is 64.0 Å². The molecule has 1 heteroatoms. The molecule has 0 aromatic heterocycles. The van der Waals surface area contributed by atoms with Gasteiger partial charge in [0.25, 0.3) is 0 Å². The maximum Gasteiger partial charge on any atom is 0.00751 e. The van der Waals surface area contributed by atoms with E-state index < -0.39 is 0 Å². The zero-order valence-electron chi connectivity index (χ0n) is 9.34. The van der Waals surface area contributed by atoms with E-state index in [9.17, 15) is 0 Å². The fraction of sp³-hybridized carbons (Fsp3) is 1.00. The van der Waals surface area contributed by atoms with Crippen LogP contribution < -0.4 is 5.32 Å². The molecule has 0 aliphatic heterocycles. The van der Waals surface area contributed by atoms with Crippen molar-refractivity contribution >= 4 is 0 Å². The molecule has 1 N–H and O–H groups in total. The first-order valence-corrected chi connectivity index (χ1v) is 6.59. The third kappa shape index (κ3) is 1.71. The summed E-state index contributed by atoms with van der Waals surface area (Å²) in [6.45, 7) is 2.42. The average molecular weight is 193 g/mol. The summed E-state index contributed by atoms with van der Waals surface area (Å²) in [5.41, 5.74) is 0. The molecular formula is C13H23N. The Kier molecular flexibility index (Phi) is 2.31. The minimum atomic E-state index is 0.792. The van der Waals surface area contributed by atoms with Gasteiger partial charge in [0.05, 0.1) is 0 Å².